The number of halogens is 2. The Morgan fingerprint density at radius 3 is 2.81 bits per heavy atom. The average molecular weight is 311 g/mol. The van der Waals surface area contributed by atoms with E-state index in [4.69, 9.17) is 27.8 Å². The molecule has 6 nitrogen and oxygen atoms in total. The molecule has 1 aromatic carbocycles. The molecule has 1 aromatic heterocycles. The summed E-state index contributed by atoms with van der Waals surface area (Å²) in [5.41, 5.74) is 10.8. The molecule has 0 fully saturated rings. The van der Waals surface area contributed by atoms with Crippen LogP contribution >= 0.6 is 11.6 Å². The molecular formula is C13H12ClFN4O2. The molecule has 0 aliphatic heterocycles. The smallest absolute Gasteiger partial charge is 0.224 e. The Kier molecular flexibility index (Phi) is 4.54. The standard InChI is InChI=1S/C13H12ClFN4O2/c14-8-3-1-7(2-4-10(17)20)12(15)13(8)21-11-5-9(16)18-6-19-11/h1,3,5-6H,2,4H2,(H2,17,20)(H2,16,18,19). The van der Waals surface area contributed by atoms with Crippen LogP contribution in [0.15, 0.2) is 24.5 Å². The first kappa shape index (κ1) is 15.0. The van der Waals surface area contributed by atoms with Gasteiger partial charge in [0.15, 0.2) is 11.6 Å². The lowest BCUT2D eigenvalue weighted by Gasteiger charge is -2.11. The van der Waals surface area contributed by atoms with E-state index in [9.17, 15) is 9.18 Å². The third-order valence-corrected chi connectivity index (χ3v) is 2.94. The maximum atomic E-state index is 14.3. The van der Waals surface area contributed by atoms with Crippen molar-refractivity contribution in [1.82, 2.24) is 9.97 Å². The Morgan fingerprint density at radius 1 is 1.38 bits per heavy atom. The van der Waals surface area contributed by atoms with E-state index in [1.54, 1.807) is 0 Å². The van der Waals surface area contributed by atoms with Crippen molar-refractivity contribution in [3.8, 4) is 11.6 Å². The van der Waals surface area contributed by atoms with Crippen molar-refractivity contribution in [2.45, 2.75) is 12.8 Å². The van der Waals surface area contributed by atoms with Gasteiger partial charge in [0.2, 0.25) is 11.8 Å². The minimum absolute atomic E-state index is 0.0262. The van der Waals surface area contributed by atoms with E-state index < -0.39 is 11.7 Å². The number of benzene rings is 1. The summed E-state index contributed by atoms with van der Waals surface area (Å²) in [4.78, 5) is 18.3. The Balaban J connectivity index is 2.29. The molecule has 0 aliphatic rings. The lowest BCUT2D eigenvalue weighted by Crippen LogP contribution is -2.11. The predicted molar refractivity (Wildman–Crippen MR) is 75.4 cm³/mol. The monoisotopic (exact) mass is 310 g/mol. The third kappa shape index (κ3) is 3.79. The Bertz CT molecular complexity index is 681. The zero-order chi connectivity index (χ0) is 15.4. The summed E-state index contributed by atoms with van der Waals surface area (Å²) < 4.78 is 19.6. The number of amides is 1. The highest BCUT2D eigenvalue weighted by Crippen LogP contribution is 2.33. The summed E-state index contributed by atoms with van der Waals surface area (Å²) in [5, 5.41) is 0.0764. The molecule has 4 N–H and O–H groups in total. The molecule has 0 bridgehead atoms. The molecule has 0 atom stereocenters. The highest BCUT2D eigenvalue weighted by atomic mass is 35.5. The van der Waals surface area contributed by atoms with Gasteiger partial charge in [-0.05, 0) is 18.1 Å². The highest BCUT2D eigenvalue weighted by molar-refractivity contribution is 6.32. The molecular weight excluding hydrogens is 299 g/mol. The van der Waals surface area contributed by atoms with Crippen molar-refractivity contribution in [3.63, 3.8) is 0 Å². The van der Waals surface area contributed by atoms with Crippen molar-refractivity contribution >= 4 is 23.3 Å². The average Bonchev–Trinajstić information content (AvgIpc) is 2.42. The quantitative estimate of drug-likeness (QED) is 0.879. The lowest BCUT2D eigenvalue weighted by molar-refractivity contribution is -0.117. The maximum Gasteiger partial charge on any atom is 0.224 e. The fourth-order valence-corrected chi connectivity index (χ4v) is 1.82. The van der Waals surface area contributed by atoms with Gasteiger partial charge in [0.1, 0.15) is 12.1 Å². The molecule has 110 valence electrons. The minimum atomic E-state index is -0.666. The van der Waals surface area contributed by atoms with E-state index in [0.717, 1.165) is 0 Å². The van der Waals surface area contributed by atoms with Crippen LogP contribution in [0.5, 0.6) is 11.6 Å². The number of hydrogen-bond acceptors (Lipinski definition) is 5. The topological polar surface area (TPSA) is 104 Å². The summed E-state index contributed by atoms with van der Waals surface area (Å²) in [6, 6.07) is 4.29. The molecule has 1 heterocycles. The molecule has 2 aromatic rings. The number of aromatic nitrogens is 2. The molecule has 0 spiro atoms. The number of nitrogen functional groups attached to an aromatic ring is 1. The van der Waals surface area contributed by atoms with Crippen molar-refractivity contribution in [2.24, 2.45) is 5.73 Å². The minimum Gasteiger partial charge on any atom is -0.434 e. The first-order valence-corrected chi connectivity index (χ1v) is 6.35. The molecule has 0 saturated heterocycles. The Labute approximate surface area is 124 Å². The van der Waals surface area contributed by atoms with Crippen LogP contribution in [0.3, 0.4) is 0 Å². The van der Waals surface area contributed by atoms with E-state index in [1.807, 2.05) is 0 Å². The summed E-state index contributed by atoms with van der Waals surface area (Å²) >= 11 is 5.92. The number of nitrogens with two attached hydrogens (primary N) is 2. The van der Waals surface area contributed by atoms with Gasteiger partial charge >= 0.3 is 0 Å². The number of hydrogen-bond donors (Lipinski definition) is 2. The van der Waals surface area contributed by atoms with Crippen LogP contribution in [0, 0.1) is 5.82 Å². The van der Waals surface area contributed by atoms with Gasteiger partial charge in [0, 0.05) is 12.5 Å². The van der Waals surface area contributed by atoms with Gasteiger partial charge in [-0.2, -0.15) is 0 Å². The van der Waals surface area contributed by atoms with E-state index in [0.29, 0.717) is 0 Å². The van der Waals surface area contributed by atoms with Gasteiger partial charge in [-0.3, -0.25) is 4.79 Å². The van der Waals surface area contributed by atoms with Gasteiger partial charge in [0.25, 0.3) is 0 Å². The maximum absolute atomic E-state index is 14.3. The van der Waals surface area contributed by atoms with Crippen molar-refractivity contribution in [1.29, 1.82) is 0 Å². The molecule has 1 amide bonds. The zero-order valence-electron chi connectivity index (χ0n) is 10.8. The number of ether oxygens (including phenoxy) is 1. The molecule has 8 heteroatoms. The van der Waals surface area contributed by atoms with E-state index >= 15 is 0 Å². The van der Waals surface area contributed by atoms with Gasteiger partial charge < -0.3 is 16.2 Å². The van der Waals surface area contributed by atoms with Crippen LogP contribution in [-0.4, -0.2) is 15.9 Å². The van der Waals surface area contributed by atoms with E-state index in [-0.39, 0.29) is 40.9 Å². The lowest BCUT2D eigenvalue weighted by atomic mass is 10.1. The summed E-state index contributed by atoms with van der Waals surface area (Å²) in [6.07, 6.45) is 1.37. The van der Waals surface area contributed by atoms with Crippen molar-refractivity contribution in [2.75, 3.05) is 5.73 Å². The van der Waals surface area contributed by atoms with Crippen LogP contribution in [0.4, 0.5) is 10.2 Å². The van der Waals surface area contributed by atoms with Crippen LogP contribution in [-0.2, 0) is 11.2 Å². The second kappa shape index (κ2) is 6.36. The van der Waals surface area contributed by atoms with Gasteiger partial charge in [-0.15, -0.1) is 0 Å². The molecule has 0 unspecified atom stereocenters. The van der Waals surface area contributed by atoms with Crippen molar-refractivity contribution < 1.29 is 13.9 Å². The Hall–Kier alpha value is -2.41. The molecule has 21 heavy (non-hydrogen) atoms. The predicted octanol–water partition coefficient (Wildman–Crippen LogP) is 2.06. The second-order valence-electron chi connectivity index (χ2n) is 4.20. The molecule has 0 saturated carbocycles. The number of primary amides is 1. The number of anilines is 1. The first-order chi connectivity index (χ1) is 9.97. The largest absolute Gasteiger partial charge is 0.434 e. The van der Waals surface area contributed by atoms with Gasteiger partial charge in [-0.25, -0.2) is 14.4 Å². The number of rotatable bonds is 5. The van der Waals surface area contributed by atoms with Crippen molar-refractivity contribution in [3.05, 3.63) is 40.9 Å². The molecule has 2 rings (SSSR count). The SMILES string of the molecule is NC(=O)CCc1ccc(Cl)c(Oc2cc(N)ncn2)c1F. The molecule has 0 radical (unpaired) electrons. The molecule has 0 aliphatic carbocycles. The Morgan fingerprint density at radius 2 is 2.14 bits per heavy atom. The summed E-state index contributed by atoms with van der Waals surface area (Å²) in [7, 11) is 0. The van der Waals surface area contributed by atoms with Gasteiger partial charge in [0.05, 0.1) is 5.02 Å². The normalized spacial score (nSPS) is 10.4. The van der Waals surface area contributed by atoms with Gasteiger partial charge in [-0.1, -0.05) is 17.7 Å². The van der Waals surface area contributed by atoms with Crippen LogP contribution in [0.25, 0.3) is 0 Å². The van der Waals surface area contributed by atoms with Crippen LogP contribution < -0.4 is 16.2 Å². The summed E-state index contributed by atoms with van der Waals surface area (Å²) in [6.45, 7) is 0. The highest BCUT2D eigenvalue weighted by Gasteiger charge is 2.16. The fraction of sp³-hybridized carbons (Fsp3) is 0.154. The second-order valence-corrected chi connectivity index (χ2v) is 4.61. The van der Waals surface area contributed by atoms with E-state index in [1.165, 1.54) is 24.5 Å². The zero-order valence-corrected chi connectivity index (χ0v) is 11.6. The number of carbonyl (C=O) groups excluding carboxylic acids is 1. The number of aryl methyl sites for hydroxylation is 1. The number of nitrogens with zero attached hydrogens (tertiary/aromatic N) is 2. The first-order valence-electron chi connectivity index (χ1n) is 5.98. The number of carbonyl (C=O) groups is 1. The third-order valence-electron chi connectivity index (χ3n) is 2.64. The van der Waals surface area contributed by atoms with E-state index in [2.05, 4.69) is 9.97 Å². The summed E-state index contributed by atoms with van der Waals surface area (Å²) in [5.74, 6) is -1.12. The van der Waals surface area contributed by atoms with Crippen LogP contribution in [0.1, 0.15) is 12.0 Å². The fourth-order valence-electron chi connectivity index (χ4n) is 1.63. The van der Waals surface area contributed by atoms with Crippen LogP contribution in [0.2, 0.25) is 5.02 Å².